The monoisotopic (exact) mass is 437 g/mol. The number of rotatable bonds is 9. The lowest BCUT2D eigenvalue weighted by molar-refractivity contribution is -0.162. The summed E-state index contributed by atoms with van der Waals surface area (Å²) in [6.45, 7) is 9.91. The first-order chi connectivity index (χ1) is 14.2. The van der Waals surface area contributed by atoms with E-state index in [2.05, 4.69) is 12.1 Å². The van der Waals surface area contributed by atoms with Crippen molar-refractivity contribution < 1.29 is 23.8 Å². The highest BCUT2D eigenvalue weighted by molar-refractivity contribution is 6.31. The Kier molecular flexibility index (Phi) is 7.30. The Labute approximate surface area is 183 Å². The topological polar surface area (TPSA) is 66.4 Å². The average molecular weight is 438 g/mol. The molecule has 0 amide bonds. The minimum Gasteiger partial charge on any atom is -0.478 e. The minimum absolute atomic E-state index is 0.0908. The summed E-state index contributed by atoms with van der Waals surface area (Å²) in [7, 11) is 0. The number of halogens is 1. The van der Waals surface area contributed by atoms with E-state index in [1.54, 1.807) is 25.1 Å². The maximum atomic E-state index is 12.4. The summed E-state index contributed by atoms with van der Waals surface area (Å²) >= 11 is 6.28. The Morgan fingerprint density at radius 1 is 1.33 bits per heavy atom. The number of benzene rings is 1. The van der Waals surface area contributed by atoms with Crippen molar-refractivity contribution in [2.45, 2.75) is 84.2 Å². The molecule has 0 aromatic heterocycles. The molecule has 1 fully saturated rings. The number of hydrogen-bond donors (Lipinski definition) is 0. The Morgan fingerprint density at radius 3 is 2.70 bits per heavy atom. The molecule has 0 N–H and O–H groups in total. The van der Waals surface area contributed by atoms with Gasteiger partial charge in [0.1, 0.15) is 23.2 Å². The van der Waals surface area contributed by atoms with E-state index in [1.165, 1.54) is 0 Å². The number of oxime groups is 1. The predicted molar refractivity (Wildman–Crippen MR) is 116 cm³/mol. The van der Waals surface area contributed by atoms with E-state index in [0.29, 0.717) is 34.6 Å². The lowest BCUT2D eigenvalue weighted by Crippen LogP contribution is -2.36. The summed E-state index contributed by atoms with van der Waals surface area (Å²) < 4.78 is 17.6. The number of carbonyl (C=O) groups excluding carboxylic acids is 1. The molecule has 1 aromatic rings. The van der Waals surface area contributed by atoms with E-state index in [0.717, 1.165) is 25.7 Å². The van der Waals surface area contributed by atoms with E-state index in [-0.39, 0.29) is 12.2 Å². The van der Waals surface area contributed by atoms with Crippen molar-refractivity contribution in [3.8, 4) is 5.75 Å². The Bertz CT molecular complexity index is 784. The number of carbonyl (C=O) groups is 1. The van der Waals surface area contributed by atoms with Gasteiger partial charge in [0.05, 0.1) is 0 Å². The first-order valence-electron chi connectivity index (χ1n) is 10.7. The third-order valence-electron chi connectivity index (χ3n) is 4.98. The second-order valence-corrected chi connectivity index (χ2v) is 9.40. The Hall–Kier alpha value is -1.79. The molecule has 0 unspecified atom stereocenters. The van der Waals surface area contributed by atoms with Crippen molar-refractivity contribution in [1.29, 1.82) is 0 Å². The van der Waals surface area contributed by atoms with Crippen LogP contribution in [0.25, 0.3) is 0 Å². The number of nitrogens with zero attached hydrogens (tertiary/aromatic N) is 1. The van der Waals surface area contributed by atoms with E-state index >= 15 is 0 Å². The zero-order valence-corrected chi connectivity index (χ0v) is 19.2. The molecule has 6 nitrogen and oxygen atoms in total. The van der Waals surface area contributed by atoms with E-state index in [1.807, 2.05) is 20.8 Å². The highest BCUT2D eigenvalue weighted by atomic mass is 35.5. The summed E-state index contributed by atoms with van der Waals surface area (Å²) in [4.78, 5) is 18.2. The van der Waals surface area contributed by atoms with Crippen LogP contribution in [0.3, 0.4) is 0 Å². The molecule has 0 saturated heterocycles. The molecular formula is C23H32ClNO5. The number of esters is 1. The van der Waals surface area contributed by atoms with Crippen LogP contribution >= 0.6 is 11.6 Å². The van der Waals surface area contributed by atoms with Crippen LogP contribution in [0.4, 0.5) is 0 Å². The number of hydrogen-bond acceptors (Lipinski definition) is 6. The largest absolute Gasteiger partial charge is 0.478 e. The molecule has 0 radical (unpaired) electrons. The molecule has 1 heterocycles. The van der Waals surface area contributed by atoms with Crippen LogP contribution in [0.15, 0.2) is 23.4 Å². The van der Waals surface area contributed by atoms with Crippen LogP contribution < -0.4 is 4.74 Å². The zero-order valence-electron chi connectivity index (χ0n) is 18.4. The van der Waals surface area contributed by atoms with Crippen LogP contribution in [0.1, 0.15) is 65.9 Å². The van der Waals surface area contributed by atoms with Gasteiger partial charge in [0.25, 0.3) is 0 Å². The van der Waals surface area contributed by atoms with Gasteiger partial charge in [0, 0.05) is 23.1 Å². The molecule has 7 heteroatoms. The first kappa shape index (κ1) is 22.9. The van der Waals surface area contributed by atoms with Crippen molar-refractivity contribution in [3.05, 3.63) is 28.8 Å². The van der Waals surface area contributed by atoms with Gasteiger partial charge in [-0.2, -0.15) is 0 Å². The molecule has 2 aliphatic rings. The molecule has 0 bridgehead atoms. The van der Waals surface area contributed by atoms with Gasteiger partial charge in [-0.15, -0.1) is 0 Å². The van der Waals surface area contributed by atoms with Crippen LogP contribution in [0.2, 0.25) is 5.02 Å². The second kappa shape index (κ2) is 9.56. The van der Waals surface area contributed by atoms with Crippen molar-refractivity contribution in [1.82, 2.24) is 0 Å². The normalized spacial score (nSPS) is 22.3. The molecule has 1 aliphatic heterocycles. The van der Waals surface area contributed by atoms with Gasteiger partial charge >= 0.3 is 5.97 Å². The van der Waals surface area contributed by atoms with Gasteiger partial charge in [-0.05, 0) is 65.2 Å². The van der Waals surface area contributed by atoms with Gasteiger partial charge in [-0.3, -0.25) is 0 Å². The molecule has 0 spiro atoms. The highest BCUT2D eigenvalue weighted by Gasteiger charge is 2.46. The van der Waals surface area contributed by atoms with Crippen molar-refractivity contribution >= 4 is 23.3 Å². The molecular weight excluding hydrogens is 406 g/mol. The molecule has 166 valence electrons. The molecule has 1 saturated carbocycles. The maximum Gasteiger partial charge on any atom is 0.347 e. The van der Waals surface area contributed by atoms with Crippen molar-refractivity contribution in [2.75, 3.05) is 6.61 Å². The standard InChI is InChI=1S/C23H32ClNO5/c1-6-7-12-27-21-19(25-30-20(21)15-8-9-15)17-13-16(24)10-11-18(17)28-14(2)22(26)29-23(3,4)5/h10-11,13-15,20-21H,6-9,12H2,1-5H3/t14-,20-,21-/m0/s1. The van der Waals surface area contributed by atoms with Crippen LogP contribution in [0.5, 0.6) is 5.75 Å². The van der Waals surface area contributed by atoms with Crippen LogP contribution in [-0.2, 0) is 19.1 Å². The Balaban J connectivity index is 1.82. The van der Waals surface area contributed by atoms with Gasteiger partial charge in [0.15, 0.2) is 12.2 Å². The van der Waals surface area contributed by atoms with E-state index in [9.17, 15) is 4.79 Å². The lowest BCUT2D eigenvalue weighted by Gasteiger charge is -2.24. The van der Waals surface area contributed by atoms with Crippen molar-refractivity contribution in [3.63, 3.8) is 0 Å². The first-order valence-corrected chi connectivity index (χ1v) is 11.1. The lowest BCUT2D eigenvalue weighted by atomic mass is 9.98. The highest BCUT2D eigenvalue weighted by Crippen LogP contribution is 2.41. The van der Waals surface area contributed by atoms with E-state index in [4.69, 9.17) is 30.6 Å². The van der Waals surface area contributed by atoms with Crippen molar-refractivity contribution in [2.24, 2.45) is 11.1 Å². The van der Waals surface area contributed by atoms with Gasteiger partial charge < -0.3 is 19.0 Å². The molecule has 30 heavy (non-hydrogen) atoms. The predicted octanol–water partition coefficient (Wildman–Crippen LogP) is 5.15. The zero-order chi connectivity index (χ0) is 21.9. The molecule has 1 aliphatic carbocycles. The van der Waals surface area contributed by atoms with Gasteiger partial charge in [-0.25, -0.2) is 4.79 Å². The summed E-state index contributed by atoms with van der Waals surface area (Å²) in [6, 6.07) is 5.25. The van der Waals surface area contributed by atoms with Crippen LogP contribution in [0, 0.1) is 5.92 Å². The number of unbranched alkanes of at least 4 members (excludes halogenated alkanes) is 1. The SMILES string of the molecule is CCCCO[C@H]1C(c2cc(Cl)ccc2O[C@@H](C)C(=O)OC(C)(C)C)=NO[C@H]1C1CC1. The van der Waals surface area contributed by atoms with Gasteiger partial charge in [0.2, 0.25) is 0 Å². The third-order valence-corrected chi connectivity index (χ3v) is 5.22. The van der Waals surface area contributed by atoms with Crippen LogP contribution in [-0.4, -0.2) is 42.2 Å². The molecule has 1 aromatic carbocycles. The average Bonchev–Trinajstić information content (AvgIpc) is 3.42. The fourth-order valence-electron chi connectivity index (χ4n) is 3.30. The fourth-order valence-corrected chi connectivity index (χ4v) is 3.47. The Morgan fingerprint density at radius 2 is 2.07 bits per heavy atom. The second-order valence-electron chi connectivity index (χ2n) is 8.96. The summed E-state index contributed by atoms with van der Waals surface area (Å²) in [5.41, 5.74) is 0.760. The maximum absolute atomic E-state index is 12.4. The van der Waals surface area contributed by atoms with E-state index < -0.39 is 17.7 Å². The summed E-state index contributed by atoms with van der Waals surface area (Å²) in [5.74, 6) is 0.530. The summed E-state index contributed by atoms with van der Waals surface area (Å²) in [5, 5.41) is 4.91. The smallest absolute Gasteiger partial charge is 0.347 e. The fraction of sp³-hybridized carbons (Fsp3) is 0.652. The quantitative estimate of drug-likeness (QED) is 0.395. The molecule has 3 atom stereocenters. The number of ether oxygens (including phenoxy) is 3. The summed E-state index contributed by atoms with van der Waals surface area (Å²) in [6.07, 6.45) is 3.10. The third kappa shape index (κ3) is 5.88. The van der Waals surface area contributed by atoms with Gasteiger partial charge in [-0.1, -0.05) is 30.1 Å². The molecule has 3 rings (SSSR count). The minimum atomic E-state index is -0.786.